The second kappa shape index (κ2) is 12.2. The SMILES string of the molecule is O=C(O)Cc1c(Cl)nc(Cc2ccc(NC(=O)c3cc4ccccc4o3)cc2)nc1NCC(=O)NC1CCCC1. The maximum Gasteiger partial charge on any atom is 0.308 e. The molecular weight excluding hydrogens is 534 g/mol. The van der Waals surface area contributed by atoms with Crippen LogP contribution >= 0.6 is 11.6 Å². The Labute approximate surface area is 235 Å². The third-order valence-electron chi connectivity index (χ3n) is 6.69. The second-order valence-corrected chi connectivity index (χ2v) is 10.1. The summed E-state index contributed by atoms with van der Waals surface area (Å²) in [6.07, 6.45) is 4.03. The topological polar surface area (TPSA) is 146 Å². The van der Waals surface area contributed by atoms with Crippen molar-refractivity contribution in [2.75, 3.05) is 17.2 Å². The number of nitrogens with zero attached hydrogens (tertiary/aromatic N) is 2. The number of carboxylic acids is 1. The molecule has 1 fully saturated rings. The van der Waals surface area contributed by atoms with E-state index in [-0.39, 0.29) is 53.1 Å². The average Bonchev–Trinajstić information content (AvgIpc) is 3.60. The lowest BCUT2D eigenvalue weighted by molar-refractivity contribution is -0.136. The summed E-state index contributed by atoms with van der Waals surface area (Å²) in [5.41, 5.74) is 2.28. The number of hydrogen-bond donors (Lipinski definition) is 4. The molecule has 2 amide bonds. The van der Waals surface area contributed by atoms with Gasteiger partial charge in [-0.1, -0.05) is 54.8 Å². The zero-order valence-corrected chi connectivity index (χ0v) is 22.3. The lowest BCUT2D eigenvalue weighted by atomic mass is 10.1. The van der Waals surface area contributed by atoms with Gasteiger partial charge in [0, 0.05) is 29.1 Å². The van der Waals surface area contributed by atoms with Crippen LogP contribution in [0, 0.1) is 0 Å². The Balaban J connectivity index is 1.25. The number of amides is 2. The molecule has 10 nitrogen and oxygen atoms in total. The van der Waals surface area contributed by atoms with Crippen LogP contribution < -0.4 is 16.0 Å². The molecule has 0 atom stereocenters. The van der Waals surface area contributed by atoms with Crippen molar-refractivity contribution in [1.29, 1.82) is 0 Å². The van der Waals surface area contributed by atoms with Gasteiger partial charge in [0.2, 0.25) is 5.91 Å². The Morgan fingerprint density at radius 2 is 1.77 bits per heavy atom. The summed E-state index contributed by atoms with van der Waals surface area (Å²) in [5, 5.41) is 18.9. The van der Waals surface area contributed by atoms with Gasteiger partial charge in [-0.15, -0.1) is 0 Å². The van der Waals surface area contributed by atoms with Gasteiger partial charge in [0.15, 0.2) is 5.76 Å². The van der Waals surface area contributed by atoms with Crippen LogP contribution in [0.3, 0.4) is 0 Å². The van der Waals surface area contributed by atoms with Crippen LogP contribution in [0.2, 0.25) is 5.15 Å². The Morgan fingerprint density at radius 3 is 2.50 bits per heavy atom. The van der Waals surface area contributed by atoms with E-state index in [1.807, 2.05) is 30.3 Å². The molecule has 2 aromatic heterocycles. The molecule has 11 heteroatoms. The molecule has 0 bridgehead atoms. The molecule has 0 unspecified atom stereocenters. The van der Waals surface area contributed by atoms with Gasteiger partial charge < -0.3 is 25.5 Å². The van der Waals surface area contributed by atoms with Gasteiger partial charge in [0.1, 0.15) is 22.4 Å². The van der Waals surface area contributed by atoms with E-state index in [9.17, 15) is 19.5 Å². The maximum atomic E-state index is 12.6. The first-order valence-corrected chi connectivity index (χ1v) is 13.4. The van der Waals surface area contributed by atoms with Crippen molar-refractivity contribution < 1.29 is 23.9 Å². The normalized spacial score (nSPS) is 13.3. The highest BCUT2D eigenvalue weighted by molar-refractivity contribution is 6.30. The van der Waals surface area contributed by atoms with Crippen LogP contribution in [0.4, 0.5) is 11.5 Å². The van der Waals surface area contributed by atoms with Crippen LogP contribution in [-0.4, -0.2) is 45.4 Å². The quantitative estimate of drug-likeness (QED) is 0.202. The monoisotopic (exact) mass is 561 g/mol. The molecule has 1 saturated carbocycles. The van der Waals surface area contributed by atoms with E-state index < -0.39 is 5.97 Å². The summed E-state index contributed by atoms with van der Waals surface area (Å²) in [6, 6.07) is 16.4. The number of carbonyl (C=O) groups is 3. The molecule has 1 aliphatic carbocycles. The number of aliphatic carboxylic acids is 1. The van der Waals surface area contributed by atoms with Crippen molar-refractivity contribution >= 4 is 51.9 Å². The Bertz CT molecular complexity index is 1510. The van der Waals surface area contributed by atoms with Gasteiger partial charge in [-0.3, -0.25) is 14.4 Å². The van der Waals surface area contributed by atoms with Crippen LogP contribution in [0.1, 0.15) is 53.2 Å². The molecule has 40 heavy (non-hydrogen) atoms. The highest BCUT2D eigenvalue weighted by Gasteiger charge is 2.20. The molecule has 0 spiro atoms. The smallest absolute Gasteiger partial charge is 0.308 e. The number of rotatable bonds is 10. The fraction of sp³-hybridized carbons (Fsp3) is 0.276. The lowest BCUT2D eigenvalue weighted by Gasteiger charge is -2.15. The van der Waals surface area contributed by atoms with Gasteiger partial charge in [-0.05, 0) is 42.7 Å². The number of para-hydroxylation sites is 1. The predicted octanol–water partition coefficient (Wildman–Crippen LogP) is 4.82. The third-order valence-corrected chi connectivity index (χ3v) is 7.00. The zero-order valence-electron chi connectivity index (χ0n) is 21.6. The second-order valence-electron chi connectivity index (χ2n) is 9.71. The van der Waals surface area contributed by atoms with E-state index in [1.165, 1.54) is 0 Å². The summed E-state index contributed by atoms with van der Waals surface area (Å²) in [5.74, 6) is -0.847. The van der Waals surface area contributed by atoms with E-state index in [0.29, 0.717) is 23.5 Å². The largest absolute Gasteiger partial charge is 0.481 e. The first-order chi connectivity index (χ1) is 19.3. The van der Waals surface area contributed by atoms with Crippen molar-refractivity contribution in [3.63, 3.8) is 0 Å². The van der Waals surface area contributed by atoms with Crippen molar-refractivity contribution in [3.05, 3.63) is 82.5 Å². The Hall–Kier alpha value is -4.44. The number of nitrogens with one attached hydrogen (secondary N) is 3. The van der Waals surface area contributed by atoms with Crippen LogP contribution in [-0.2, 0) is 22.4 Å². The van der Waals surface area contributed by atoms with E-state index in [2.05, 4.69) is 25.9 Å². The number of hydrogen-bond acceptors (Lipinski definition) is 7. The highest BCUT2D eigenvalue weighted by Crippen LogP contribution is 2.24. The van der Waals surface area contributed by atoms with Gasteiger partial charge in [-0.25, -0.2) is 9.97 Å². The summed E-state index contributed by atoms with van der Waals surface area (Å²) in [6.45, 7) is -0.0600. The number of aromatic nitrogens is 2. The van der Waals surface area contributed by atoms with Crippen LogP contribution in [0.15, 0.2) is 59.0 Å². The molecule has 5 rings (SSSR count). The summed E-state index contributed by atoms with van der Waals surface area (Å²) < 4.78 is 5.62. The number of carboxylic acid groups (broad SMARTS) is 1. The van der Waals surface area contributed by atoms with Crippen molar-refractivity contribution in [2.24, 2.45) is 0 Å². The molecular formula is C29H28ClN5O5. The van der Waals surface area contributed by atoms with Crippen molar-refractivity contribution in [2.45, 2.75) is 44.6 Å². The fourth-order valence-corrected chi connectivity index (χ4v) is 4.97. The number of benzene rings is 2. The number of anilines is 2. The summed E-state index contributed by atoms with van der Waals surface area (Å²) >= 11 is 6.36. The molecule has 4 N–H and O–H groups in total. The van der Waals surface area contributed by atoms with Crippen molar-refractivity contribution in [1.82, 2.24) is 15.3 Å². The molecule has 206 valence electrons. The fourth-order valence-electron chi connectivity index (χ4n) is 4.72. The minimum atomic E-state index is -1.09. The van der Waals surface area contributed by atoms with Gasteiger partial charge in [0.25, 0.3) is 5.91 Å². The van der Waals surface area contributed by atoms with Gasteiger partial charge >= 0.3 is 5.97 Å². The van der Waals surface area contributed by atoms with E-state index in [0.717, 1.165) is 36.6 Å². The van der Waals surface area contributed by atoms with E-state index in [1.54, 1.807) is 24.3 Å². The van der Waals surface area contributed by atoms with E-state index in [4.69, 9.17) is 16.0 Å². The zero-order chi connectivity index (χ0) is 28.1. The Kier molecular flexibility index (Phi) is 8.26. The molecule has 0 aliphatic heterocycles. The molecule has 2 heterocycles. The van der Waals surface area contributed by atoms with E-state index >= 15 is 0 Å². The van der Waals surface area contributed by atoms with Crippen LogP contribution in [0.25, 0.3) is 11.0 Å². The average molecular weight is 562 g/mol. The Morgan fingerprint density at radius 1 is 1.02 bits per heavy atom. The molecule has 0 saturated heterocycles. The van der Waals surface area contributed by atoms with Crippen molar-refractivity contribution in [3.8, 4) is 0 Å². The summed E-state index contributed by atoms with van der Waals surface area (Å²) in [7, 11) is 0. The number of carbonyl (C=O) groups excluding carboxylic acids is 2. The minimum absolute atomic E-state index is 0.0146. The summed E-state index contributed by atoms with van der Waals surface area (Å²) in [4.78, 5) is 45.2. The number of furan rings is 1. The molecule has 1 aliphatic rings. The number of halogens is 1. The molecule has 0 radical (unpaired) electrons. The maximum absolute atomic E-state index is 12.6. The third kappa shape index (κ3) is 6.76. The first kappa shape index (κ1) is 27.1. The molecule has 2 aromatic carbocycles. The molecule has 4 aromatic rings. The van der Waals surface area contributed by atoms with Gasteiger partial charge in [0.05, 0.1) is 13.0 Å². The van der Waals surface area contributed by atoms with Gasteiger partial charge in [-0.2, -0.15) is 0 Å². The minimum Gasteiger partial charge on any atom is -0.481 e. The first-order valence-electron chi connectivity index (χ1n) is 13.0. The highest BCUT2D eigenvalue weighted by atomic mass is 35.5. The standard InChI is InChI=1S/C29H28ClN5O5/c30-27-21(15-26(37)38)28(31-16-25(36)32-19-6-2-3-7-19)35-24(34-27)13-17-9-11-20(12-10-17)33-29(39)23-14-18-5-1-4-8-22(18)40-23/h1,4-5,8-12,14,19H,2-3,6-7,13,15-16H2,(H,32,36)(H,33,39)(H,37,38)(H,31,34,35). The van der Waals surface area contributed by atoms with Crippen LogP contribution in [0.5, 0.6) is 0 Å². The number of fused-ring (bicyclic) bond motifs is 1. The predicted molar refractivity (Wildman–Crippen MR) is 151 cm³/mol. The lowest BCUT2D eigenvalue weighted by Crippen LogP contribution is -2.37.